The number of ether oxygens (including phenoxy) is 2. The van der Waals surface area contributed by atoms with Gasteiger partial charge in [0.25, 0.3) is 0 Å². The maximum Gasteiger partial charge on any atom is 0.220 e. The molecule has 2 aromatic carbocycles. The van der Waals surface area contributed by atoms with E-state index in [1.165, 1.54) is 5.56 Å². The Morgan fingerprint density at radius 3 is 2.50 bits per heavy atom. The second kappa shape index (κ2) is 9.64. The fourth-order valence-corrected chi connectivity index (χ4v) is 4.02. The highest BCUT2D eigenvalue weighted by molar-refractivity contribution is 6.32. The molecule has 150 valence electrons. The molecule has 0 aromatic heterocycles. The van der Waals surface area contributed by atoms with Crippen molar-refractivity contribution < 1.29 is 14.3 Å². The van der Waals surface area contributed by atoms with Crippen LogP contribution >= 0.6 is 23.2 Å². The van der Waals surface area contributed by atoms with Crippen LogP contribution in [0.1, 0.15) is 30.4 Å². The van der Waals surface area contributed by atoms with E-state index in [1.54, 1.807) is 7.11 Å². The van der Waals surface area contributed by atoms with Crippen LogP contribution in [0, 0.1) is 0 Å². The fourth-order valence-electron chi connectivity index (χ4n) is 3.61. The molecule has 0 saturated carbocycles. The number of amides is 1. The third kappa shape index (κ3) is 5.19. The van der Waals surface area contributed by atoms with E-state index < -0.39 is 0 Å². The van der Waals surface area contributed by atoms with Crippen LogP contribution in [-0.4, -0.2) is 32.8 Å². The predicted molar refractivity (Wildman–Crippen MR) is 113 cm³/mol. The number of rotatable bonds is 7. The third-order valence-corrected chi connectivity index (χ3v) is 5.93. The van der Waals surface area contributed by atoms with Gasteiger partial charge < -0.3 is 14.8 Å². The van der Waals surface area contributed by atoms with E-state index in [0.29, 0.717) is 48.4 Å². The van der Waals surface area contributed by atoms with Gasteiger partial charge in [0.15, 0.2) is 0 Å². The Morgan fingerprint density at radius 1 is 1.14 bits per heavy atom. The largest absolute Gasteiger partial charge is 0.495 e. The van der Waals surface area contributed by atoms with E-state index in [2.05, 4.69) is 17.4 Å². The summed E-state index contributed by atoms with van der Waals surface area (Å²) in [6.45, 7) is 1.99. The summed E-state index contributed by atoms with van der Waals surface area (Å²) >= 11 is 12.2. The molecule has 0 aliphatic carbocycles. The minimum atomic E-state index is -0.109. The molecule has 1 aliphatic rings. The molecule has 1 N–H and O–H groups in total. The predicted octanol–water partition coefficient (Wildman–Crippen LogP) is 4.80. The highest BCUT2D eigenvalue weighted by atomic mass is 35.5. The van der Waals surface area contributed by atoms with Crippen LogP contribution in [0.2, 0.25) is 10.0 Å². The molecule has 2 aromatic rings. The zero-order valence-corrected chi connectivity index (χ0v) is 17.5. The number of carbonyl (C=O) groups excluding carboxylic acids is 1. The normalized spacial score (nSPS) is 15.8. The summed E-state index contributed by atoms with van der Waals surface area (Å²) < 4.78 is 10.7. The smallest absolute Gasteiger partial charge is 0.220 e. The van der Waals surface area contributed by atoms with E-state index in [-0.39, 0.29) is 11.3 Å². The average Bonchev–Trinajstić information content (AvgIpc) is 2.72. The second-order valence-electron chi connectivity index (χ2n) is 7.15. The quantitative estimate of drug-likeness (QED) is 0.698. The molecule has 1 aliphatic heterocycles. The van der Waals surface area contributed by atoms with Gasteiger partial charge in [0, 0.05) is 36.6 Å². The second-order valence-corrected chi connectivity index (χ2v) is 7.99. The van der Waals surface area contributed by atoms with Gasteiger partial charge in [-0.1, -0.05) is 41.4 Å². The van der Waals surface area contributed by atoms with E-state index >= 15 is 0 Å². The third-order valence-electron chi connectivity index (χ3n) is 5.39. The lowest BCUT2D eigenvalue weighted by molar-refractivity contribution is -0.121. The van der Waals surface area contributed by atoms with Crippen molar-refractivity contribution in [3.63, 3.8) is 0 Å². The van der Waals surface area contributed by atoms with Crippen LogP contribution in [-0.2, 0) is 21.4 Å². The topological polar surface area (TPSA) is 47.6 Å². The van der Waals surface area contributed by atoms with Gasteiger partial charge >= 0.3 is 0 Å². The highest BCUT2D eigenvalue weighted by Crippen LogP contribution is 2.35. The van der Waals surface area contributed by atoms with Crippen molar-refractivity contribution in [1.29, 1.82) is 0 Å². The van der Waals surface area contributed by atoms with Gasteiger partial charge in [-0.15, -0.1) is 0 Å². The molecular weight excluding hydrogens is 397 g/mol. The molecular formula is C22H25Cl2NO3. The van der Waals surface area contributed by atoms with Crippen LogP contribution in [0.15, 0.2) is 42.5 Å². The highest BCUT2D eigenvalue weighted by Gasteiger charge is 2.34. The van der Waals surface area contributed by atoms with Crippen LogP contribution in [0.5, 0.6) is 5.75 Å². The van der Waals surface area contributed by atoms with Gasteiger partial charge in [-0.2, -0.15) is 0 Å². The Kier molecular flexibility index (Phi) is 7.22. The SMILES string of the molecule is COc1ccc(CCC(=O)NCC2(c3ccc(Cl)cc3)CCOCC2)cc1Cl. The molecule has 0 atom stereocenters. The van der Waals surface area contributed by atoms with Gasteiger partial charge in [-0.25, -0.2) is 0 Å². The van der Waals surface area contributed by atoms with Crippen LogP contribution < -0.4 is 10.1 Å². The van der Waals surface area contributed by atoms with Gasteiger partial charge in [-0.3, -0.25) is 4.79 Å². The summed E-state index contributed by atoms with van der Waals surface area (Å²) in [5.74, 6) is 0.672. The average molecular weight is 422 g/mol. The molecule has 0 radical (unpaired) electrons. The van der Waals surface area contributed by atoms with Crippen LogP contribution in [0.3, 0.4) is 0 Å². The summed E-state index contributed by atoms with van der Waals surface area (Å²) in [7, 11) is 1.58. The number of benzene rings is 2. The van der Waals surface area contributed by atoms with Gasteiger partial charge in [0.1, 0.15) is 5.75 Å². The van der Waals surface area contributed by atoms with Gasteiger partial charge in [0.2, 0.25) is 5.91 Å². The first-order valence-corrected chi connectivity index (χ1v) is 10.2. The van der Waals surface area contributed by atoms with Crippen molar-refractivity contribution in [2.75, 3.05) is 26.9 Å². The molecule has 1 saturated heterocycles. The Balaban J connectivity index is 1.59. The number of aryl methyl sites for hydroxylation is 1. The van der Waals surface area contributed by atoms with Crippen molar-refractivity contribution in [3.05, 3.63) is 63.6 Å². The monoisotopic (exact) mass is 421 g/mol. The lowest BCUT2D eigenvalue weighted by Gasteiger charge is -2.38. The van der Waals surface area contributed by atoms with Crippen molar-refractivity contribution in [1.82, 2.24) is 5.32 Å². The maximum absolute atomic E-state index is 12.5. The van der Waals surface area contributed by atoms with E-state index in [1.807, 2.05) is 30.3 Å². The number of halogens is 2. The lowest BCUT2D eigenvalue weighted by atomic mass is 9.74. The zero-order valence-electron chi connectivity index (χ0n) is 16.0. The number of carbonyl (C=O) groups is 1. The lowest BCUT2D eigenvalue weighted by Crippen LogP contribution is -2.44. The first-order valence-electron chi connectivity index (χ1n) is 9.45. The first-order chi connectivity index (χ1) is 13.5. The van der Waals surface area contributed by atoms with Crippen molar-refractivity contribution in [2.24, 2.45) is 0 Å². The summed E-state index contributed by atoms with van der Waals surface area (Å²) in [6, 6.07) is 13.5. The van der Waals surface area contributed by atoms with Crippen molar-refractivity contribution >= 4 is 29.1 Å². The molecule has 4 nitrogen and oxygen atoms in total. The summed E-state index contributed by atoms with van der Waals surface area (Å²) in [4.78, 5) is 12.5. The van der Waals surface area contributed by atoms with E-state index in [9.17, 15) is 4.79 Å². The van der Waals surface area contributed by atoms with E-state index in [0.717, 1.165) is 18.4 Å². The summed E-state index contributed by atoms with van der Waals surface area (Å²) in [5.41, 5.74) is 2.10. The number of nitrogens with one attached hydrogen (secondary N) is 1. The van der Waals surface area contributed by atoms with E-state index in [4.69, 9.17) is 32.7 Å². The number of hydrogen-bond donors (Lipinski definition) is 1. The number of methoxy groups -OCH3 is 1. The minimum Gasteiger partial charge on any atom is -0.495 e. The standard InChI is InChI=1S/C22H25Cl2NO3/c1-27-20-8-2-16(14-19(20)24)3-9-21(26)25-15-22(10-12-28-13-11-22)17-4-6-18(23)7-5-17/h2,4-8,14H,3,9-13,15H2,1H3,(H,25,26). The van der Waals surface area contributed by atoms with Crippen LogP contribution in [0.25, 0.3) is 0 Å². The first kappa shape index (κ1) is 21.0. The van der Waals surface area contributed by atoms with Gasteiger partial charge in [-0.05, 0) is 54.7 Å². The molecule has 3 rings (SSSR count). The molecule has 0 unspecified atom stereocenters. The summed E-state index contributed by atoms with van der Waals surface area (Å²) in [6.07, 6.45) is 2.80. The molecule has 0 spiro atoms. The minimum absolute atomic E-state index is 0.0340. The summed E-state index contributed by atoms with van der Waals surface area (Å²) in [5, 5.41) is 4.40. The Hall–Kier alpha value is -1.75. The fraction of sp³-hybridized carbons (Fsp3) is 0.409. The Labute approximate surface area is 176 Å². The van der Waals surface area contributed by atoms with Crippen molar-refractivity contribution in [3.8, 4) is 5.75 Å². The zero-order chi connectivity index (χ0) is 20.0. The Bertz CT molecular complexity index is 802. The van der Waals surface area contributed by atoms with Crippen molar-refractivity contribution in [2.45, 2.75) is 31.1 Å². The number of hydrogen-bond acceptors (Lipinski definition) is 3. The maximum atomic E-state index is 12.5. The molecule has 1 amide bonds. The molecule has 1 heterocycles. The molecule has 1 fully saturated rings. The molecule has 6 heteroatoms. The van der Waals surface area contributed by atoms with Gasteiger partial charge in [0.05, 0.1) is 12.1 Å². The molecule has 0 bridgehead atoms. The Morgan fingerprint density at radius 2 is 1.86 bits per heavy atom. The molecule has 28 heavy (non-hydrogen) atoms. The van der Waals surface area contributed by atoms with Crippen LogP contribution in [0.4, 0.5) is 0 Å².